The fraction of sp³-hybridized carbons (Fsp3) is 0.423. The van der Waals surface area contributed by atoms with Gasteiger partial charge in [-0.1, -0.05) is 26.8 Å². The lowest BCUT2D eigenvalue weighted by Gasteiger charge is -2.15. The van der Waals surface area contributed by atoms with Crippen LogP contribution in [0.2, 0.25) is 0 Å². The van der Waals surface area contributed by atoms with Crippen molar-refractivity contribution in [2.75, 3.05) is 13.7 Å². The Morgan fingerprint density at radius 1 is 1.12 bits per heavy atom. The van der Waals surface area contributed by atoms with E-state index in [9.17, 15) is 4.79 Å². The minimum absolute atomic E-state index is 0.284. The quantitative estimate of drug-likeness (QED) is 0.156. The first-order valence-electron chi connectivity index (χ1n) is 11.7. The number of rotatable bonds is 12. The molecule has 0 bridgehead atoms. The highest BCUT2D eigenvalue weighted by atomic mass is 79.9. The molecule has 34 heavy (non-hydrogen) atoms. The molecule has 2 heterocycles. The first-order chi connectivity index (χ1) is 16.5. The van der Waals surface area contributed by atoms with E-state index in [1.807, 2.05) is 16.8 Å². The average molecular weight is 530 g/mol. The van der Waals surface area contributed by atoms with Gasteiger partial charge in [0.25, 0.3) is 0 Å². The molecule has 0 radical (unpaired) electrons. The van der Waals surface area contributed by atoms with Crippen LogP contribution in [0.4, 0.5) is 0 Å². The molecular weight excluding hydrogens is 498 g/mol. The fourth-order valence-electron chi connectivity index (χ4n) is 3.77. The van der Waals surface area contributed by atoms with Crippen molar-refractivity contribution in [2.24, 2.45) is 0 Å². The predicted octanol–water partition coefficient (Wildman–Crippen LogP) is 6.27. The summed E-state index contributed by atoms with van der Waals surface area (Å²) >= 11 is 3.43. The van der Waals surface area contributed by atoms with Gasteiger partial charge in [0.2, 0.25) is 5.75 Å². The number of ether oxygens (including phenoxy) is 3. The van der Waals surface area contributed by atoms with Crippen LogP contribution in [0.1, 0.15) is 63.6 Å². The van der Waals surface area contributed by atoms with Crippen molar-refractivity contribution in [1.29, 1.82) is 0 Å². The Bertz CT molecular complexity index is 1080. The molecular formula is C26H32BrN3O4. The van der Waals surface area contributed by atoms with E-state index in [1.54, 1.807) is 38.4 Å². The summed E-state index contributed by atoms with van der Waals surface area (Å²) in [7, 11) is 1.57. The molecule has 0 aliphatic rings. The number of aryl methyl sites for hydroxylation is 1. The van der Waals surface area contributed by atoms with Gasteiger partial charge in [-0.05, 0) is 71.4 Å². The molecule has 0 spiro atoms. The van der Waals surface area contributed by atoms with Gasteiger partial charge in [-0.3, -0.25) is 4.79 Å². The average Bonchev–Trinajstić information content (AvgIpc) is 3.27. The maximum Gasteiger partial charge on any atom is 0.311 e. The van der Waals surface area contributed by atoms with Crippen LogP contribution in [0.3, 0.4) is 0 Å². The second-order valence-electron chi connectivity index (χ2n) is 7.90. The maximum absolute atomic E-state index is 11.8. The molecule has 0 amide bonds. The Morgan fingerprint density at radius 3 is 2.53 bits per heavy atom. The van der Waals surface area contributed by atoms with E-state index in [1.165, 1.54) is 5.56 Å². The van der Waals surface area contributed by atoms with Crippen molar-refractivity contribution in [3.05, 3.63) is 58.5 Å². The van der Waals surface area contributed by atoms with Crippen LogP contribution in [0, 0.1) is 0 Å². The molecule has 0 saturated heterocycles. The highest BCUT2D eigenvalue weighted by molar-refractivity contribution is 9.10. The number of methoxy groups -OCH3 is 1. The van der Waals surface area contributed by atoms with E-state index in [4.69, 9.17) is 19.3 Å². The van der Waals surface area contributed by atoms with Gasteiger partial charge < -0.3 is 14.2 Å². The van der Waals surface area contributed by atoms with Crippen LogP contribution in [0.15, 0.2) is 47.2 Å². The van der Waals surface area contributed by atoms with E-state index in [-0.39, 0.29) is 12.4 Å². The number of aromatic nitrogens is 3. The van der Waals surface area contributed by atoms with Crippen molar-refractivity contribution in [1.82, 2.24) is 14.8 Å². The lowest BCUT2D eigenvalue weighted by Crippen LogP contribution is -2.09. The SMILES string of the molecule is CCC(=O)Oc1cccc(OC)c1OCCCc1cn(-c2ccc(Br)cn2)nc1C(CC)CC. The number of para-hydroxylation sites is 1. The maximum atomic E-state index is 11.8. The van der Waals surface area contributed by atoms with Gasteiger partial charge in [-0.2, -0.15) is 5.10 Å². The number of benzene rings is 1. The van der Waals surface area contributed by atoms with E-state index in [2.05, 4.69) is 41.0 Å². The molecule has 1 aromatic carbocycles. The first-order valence-corrected chi connectivity index (χ1v) is 12.5. The second-order valence-corrected chi connectivity index (χ2v) is 8.82. The van der Waals surface area contributed by atoms with Crippen molar-refractivity contribution in [3.63, 3.8) is 0 Å². The lowest BCUT2D eigenvalue weighted by molar-refractivity contribution is -0.134. The van der Waals surface area contributed by atoms with Crippen LogP contribution in [0.5, 0.6) is 17.2 Å². The molecule has 3 aromatic rings. The third kappa shape index (κ3) is 6.38. The van der Waals surface area contributed by atoms with Crippen molar-refractivity contribution in [2.45, 2.75) is 58.8 Å². The Kier molecular flexibility index (Phi) is 9.51. The standard InChI is InChI=1S/C26H32BrN3O4/c1-5-18(6-2)25-19(17-30(29-25)23-14-13-20(27)16-28-23)10-9-15-33-26-21(32-4)11-8-12-22(26)34-24(31)7-3/h8,11-14,16-18H,5-7,9-10,15H2,1-4H3. The number of hydrogen-bond acceptors (Lipinski definition) is 6. The number of carbonyl (C=O) groups excluding carboxylic acids is 1. The summed E-state index contributed by atoms with van der Waals surface area (Å²) in [6.45, 7) is 6.59. The highest BCUT2D eigenvalue weighted by Gasteiger charge is 2.19. The minimum Gasteiger partial charge on any atom is -0.493 e. The van der Waals surface area contributed by atoms with E-state index >= 15 is 0 Å². The van der Waals surface area contributed by atoms with E-state index in [0.717, 1.165) is 41.7 Å². The number of pyridine rings is 1. The Morgan fingerprint density at radius 2 is 1.88 bits per heavy atom. The van der Waals surface area contributed by atoms with Crippen LogP contribution >= 0.6 is 15.9 Å². The molecule has 0 saturated carbocycles. The molecule has 182 valence electrons. The Labute approximate surface area is 209 Å². The molecule has 7 nitrogen and oxygen atoms in total. The zero-order valence-corrected chi connectivity index (χ0v) is 21.8. The largest absolute Gasteiger partial charge is 0.493 e. The van der Waals surface area contributed by atoms with Gasteiger partial charge >= 0.3 is 5.97 Å². The Hall–Kier alpha value is -2.87. The van der Waals surface area contributed by atoms with Gasteiger partial charge in [0.1, 0.15) is 0 Å². The van der Waals surface area contributed by atoms with Crippen molar-refractivity contribution in [3.8, 4) is 23.1 Å². The summed E-state index contributed by atoms with van der Waals surface area (Å²) in [6, 6.07) is 9.19. The molecule has 2 aromatic heterocycles. The van der Waals surface area contributed by atoms with Gasteiger partial charge in [0.05, 0.1) is 19.4 Å². The monoisotopic (exact) mass is 529 g/mol. The van der Waals surface area contributed by atoms with E-state index < -0.39 is 0 Å². The molecule has 0 N–H and O–H groups in total. The van der Waals surface area contributed by atoms with Gasteiger partial charge in [0, 0.05) is 29.2 Å². The number of esters is 1. The predicted molar refractivity (Wildman–Crippen MR) is 135 cm³/mol. The van der Waals surface area contributed by atoms with Crippen molar-refractivity contribution >= 4 is 21.9 Å². The van der Waals surface area contributed by atoms with Crippen molar-refractivity contribution < 1.29 is 19.0 Å². The summed E-state index contributed by atoms with van der Waals surface area (Å²) < 4.78 is 19.7. The van der Waals surface area contributed by atoms with Gasteiger partial charge in [-0.15, -0.1) is 0 Å². The highest BCUT2D eigenvalue weighted by Crippen LogP contribution is 2.37. The van der Waals surface area contributed by atoms with Crippen LogP contribution in [-0.2, 0) is 11.2 Å². The summed E-state index contributed by atoms with van der Waals surface area (Å²) in [5, 5.41) is 4.89. The van der Waals surface area contributed by atoms with E-state index in [0.29, 0.717) is 29.8 Å². The van der Waals surface area contributed by atoms with Gasteiger partial charge in [-0.25, -0.2) is 9.67 Å². The minimum atomic E-state index is -0.318. The normalized spacial score (nSPS) is 11.0. The number of hydrogen-bond donors (Lipinski definition) is 0. The molecule has 0 fully saturated rings. The fourth-order valence-corrected chi connectivity index (χ4v) is 4.00. The molecule has 0 aliphatic heterocycles. The summed E-state index contributed by atoms with van der Waals surface area (Å²) in [6.07, 6.45) is 7.76. The number of halogens is 1. The smallest absolute Gasteiger partial charge is 0.311 e. The third-order valence-corrected chi connectivity index (χ3v) is 6.12. The topological polar surface area (TPSA) is 75.5 Å². The summed E-state index contributed by atoms with van der Waals surface area (Å²) in [4.78, 5) is 16.3. The zero-order chi connectivity index (χ0) is 24.5. The van der Waals surface area contributed by atoms with Crippen LogP contribution in [0.25, 0.3) is 5.82 Å². The zero-order valence-electron chi connectivity index (χ0n) is 20.2. The van der Waals surface area contributed by atoms with Gasteiger partial charge in [0.15, 0.2) is 17.3 Å². The third-order valence-electron chi connectivity index (χ3n) is 5.65. The molecule has 0 aliphatic carbocycles. The summed E-state index contributed by atoms with van der Waals surface area (Å²) in [5.74, 6) is 2.21. The molecule has 0 unspecified atom stereocenters. The Balaban J connectivity index is 1.74. The molecule has 0 atom stereocenters. The summed E-state index contributed by atoms with van der Waals surface area (Å²) in [5.41, 5.74) is 2.31. The number of carbonyl (C=O) groups is 1. The molecule has 3 rings (SSSR count). The lowest BCUT2D eigenvalue weighted by atomic mass is 9.95. The molecule has 8 heteroatoms. The number of nitrogens with zero attached hydrogens (tertiary/aromatic N) is 3. The van der Waals surface area contributed by atoms with Crippen LogP contribution < -0.4 is 14.2 Å². The first kappa shape index (κ1) is 25.7. The van der Waals surface area contributed by atoms with Crippen LogP contribution in [-0.4, -0.2) is 34.5 Å². The second kappa shape index (κ2) is 12.6.